The number of amides is 1. The molecular weight excluding hydrogens is 556 g/mol. The van der Waals surface area contributed by atoms with Crippen LogP contribution in [0.25, 0.3) is 0 Å². The van der Waals surface area contributed by atoms with Crippen molar-refractivity contribution in [1.29, 1.82) is 5.26 Å². The van der Waals surface area contributed by atoms with Crippen molar-refractivity contribution in [2.45, 2.75) is 103 Å². The second-order valence-corrected chi connectivity index (χ2v) is 11.7. The van der Waals surface area contributed by atoms with E-state index >= 15 is 0 Å². The van der Waals surface area contributed by atoms with Gasteiger partial charge in [-0.25, -0.2) is 4.99 Å². The van der Waals surface area contributed by atoms with Gasteiger partial charge in [-0.05, 0) is 43.2 Å². The SMILES string of the molecule is CC[C@@H](C)C(=O)N=C([NH+]=CN)c1ccc([C@]2(C#N)O[C@H](COC(=O)CC3CCCCC3)[C@@H](OC(=O)[C@@H](N)C(C)C)[C@H]2O)[nH]1. The van der Waals surface area contributed by atoms with E-state index in [0.29, 0.717) is 6.42 Å². The van der Waals surface area contributed by atoms with E-state index in [1.165, 1.54) is 12.1 Å². The molecule has 0 unspecified atom stereocenters. The number of aliphatic hydroxyl groups is 1. The van der Waals surface area contributed by atoms with Crippen LogP contribution >= 0.6 is 0 Å². The minimum atomic E-state index is -2.05. The summed E-state index contributed by atoms with van der Waals surface area (Å²) in [5.41, 5.74) is 9.87. The summed E-state index contributed by atoms with van der Waals surface area (Å²) < 4.78 is 17.2. The summed E-state index contributed by atoms with van der Waals surface area (Å²) in [6.45, 7) is 6.75. The monoisotopic (exact) mass is 601 g/mol. The van der Waals surface area contributed by atoms with E-state index in [9.17, 15) is 24.8 Å². The normalized spacial score (nSPS) is 26.3. The number of hydrogen-bond acceptors (Lipinski definition) is 9. The number of amidine groups is 1. The minimum absolute atomic E-state index is 0.0960. The molecule has 3 rings (SSSR count). The molecule has 2 aliphatic rings. The first-order valence-electron chi connectivity index (χ1n) is 15.0. The summed E-state index contributed by atoms with van der Waals surface area (Å²) in [6, 6.07) is 4.04. The molecule has 7 N–H and O–H groups in total. The van der Waals surface area contributed by atoms with Gasteiger partial charge >= 0.3 is 17.8 Å². The molecule has 0 radical (unpaired) electrons. The Morgan fingerprint density at radius 1 is 1.28 bits per heavy atom. The molecule has 2 heterocycles. The number of nitriles is 1. The zero-order chi connectivity index (χ0) is 31.7. The van der Waals surface area contributed by atoms with Gasteiger partial charge in [-0.15, -0.1) is 0 Å². The first kappa shape index (κ1) is 33.9. The smallest absolute Gasteiger partial charge is 0.323 e. The average Bonchev–Trinajstić information content (AvgIpc) is 3.59. The fraction of sp³-hybridized carbons (Fsp3) is 0.667. The van der Waals surface area contributed by atoms with Crippen LogP contribution in [-0.2, 0) is 34.2 Å². The maximum atomic E-state index is 12.8. The lowest BCUT2D eigenvalue weighted by Crippen LogP contribution is -2.76. The summed E-state index contributed by atoms with van der Waals surface area (Å²) >= 11 is 0. The van der Waals surface area contributed by atoms with E-state index in [2.05, 4.69) is 15.0 Å². The van der Waals surface area contributed by atoms with Gasteiger partial charge in [-0.3, -0.25) is 14.4 Å². The largest absolute Gasteiger partial charge is 0.463 e. The number of hydrogen-bond donors (Lipinski definition) is 5. The number of aliphatic imine (C=N–C) groups is 1. The van der Waals surface area contributed by atoms with Crippen molar-refractivity contribution in [3.8, 4) is 6.07 Å². The average molecular weight is 602 g/mol. The van der Waals surface area contributed by atoms with Gasteiger partial charge in [-0.2, -0.15) is 5.26 Å². The van der Waals surface area contributed by atoms with Crippen molar-refractivity contribution in [3.05, 3.63) is 23.5 Å². The lowest BCUT2D eigenvalue weighted by atomic mass is 9.87. The van der Waals surface area contributed by atoms with E-state index in [4.69, 9.17) is 25.7 Å². The Bertz CT molecular complexity index is 1230. The number of H-pyrrole nitrogens is 1. The van der Waals surface area contributed by atoms with Gasteiger partial charge in [0.15, 0.2) is 12.4 Å². The molecule has 1 amide bonds. The van der Waals surface area contributed by atoms with Crippen LogP contribution in [0.1, 0.15) is 84.0 Å². The molecule has 6 atom stereocenters. The summed E-state index contributed by atoms with van der Waals surface area (Å²) in [5.74, 6) is -1.84. The Labute approximate surface area is 252 Å². The summed E-state index contributed by atoms with van der Waals surface area (Å²) in [7, 11) is 0. The number of carbonyl (C=O) groups is 3. The first-order valence-corrected chi connectivity index (χ1v) is 15.0. The number of aromatic nitrogens is 1. The van der Waals surface area contributed by atoms with E-state index in [1.54, 1.807) is 20.8 Å². The maximum absolute atomic E-state index is 12.8. The zero-order valence-corrected chi connectivity index (χ0v) is 25.4. The van der Waals surface area contributed by atoms with Gasteiger partial charge in [0, 0.05) is 6.42 Å². The number of nitrogens with zero attached hydrogens (tertiary/aromatic N) is 2. The predicted molar refractivity (Wildman–Crippen MR) is 156 cm³/mol. The zero-order valence-electron chi connectivity index (χ0n) is 25.4. The molecule has 1 aromatic heterocycles. The highest BCUT2D eigenvalue weighted by Gasteiger charge is 2.59. The third-order valence-corrected chi connectivity index (χ3v) is 8.25. The number of rotatable bonds is 11. The van der Waals surface area contributed by atoms with Crippen LogP contribution in [0.5, 0.6) is 0 Å². The van der Waals surface area contributed by atoms with Crippen LogP contribution in [0.2, 0.25) is 0 Å². The van der Waals surface area contributed by atoms with Crippen LogP contribution in [0, 0.1) is 29.1 Å². The van der Waals surface area contributed by atoms with Crippen molar-refractivity contribution in [3.63, 3.8) is 0 Å². The summed E-state index contributed by atoms with van der Waals surface area (Å²) in [6.07, 6.45) is 2.93. The van der Waals surface area contributed by atoms with Gasteiger partial charge in [0.05, 0.1) is 11.6 Å². The first-order chi connectivity index (χ1) is 20.5. The Morgan fingerprint density at radius 3 is 2.58 bits per heavy atom. The van der Waals surface area contributed by atoms with Crippen molar-refractivity contribution in [2.24, 2.45) is 34.2 Å². The lowest BCUT2D eigenvalue weighted by Gasteiger charge is -2.25. The van der Waals surface area contributed by atoms with E-state index < -0.39 is 41.9 Å². The highest BCUT2D eigenvalue weighted by atomic mass is 16.6. The van der Waals surface area contributed by atoms with Gasteiger partial charge in [0.1, 0.15) is 36.6 Å². The van der Waals surface area contributed by atoms with Gasteiger partial charge in [-0.1, -0.05) is 51.9 Å². The molecule has 0 aromatic carbocycles. The molecule has 1 saturated heterocycles. The Morgan fingerprint density at radius 2 is 1.98 bits per heavy atom. The molecule has 13 heteroatoms. The van der Waals surface area contributed by atoms with Crippen molar-refractivity contribution in [2.75, 3.05) is 6.61 Å². The number of aromatic amines is 1. The Balaban J connectivity index is 1.90. The summed E-state index contributed by atoms with van der Waals surface area (Å²) in [4.78, 5) is 47.8. The molecule has 0 bridgehead atoms. The molecule has 0 spiro atoms. The molecule has 2 fully saturated rings. The van der Waals surface area contributed by atoms with E-state index in [0.717, 1.165) is 38.4 Å². The minimum Gasteiger partial charge on any atom is -0.463 e. The second-order valence-electron chi connectivity index (χ2n) is 11.7. The third-order valence-electron chi connectivity index (χ3n) is 8.25. The Kier molecular flexibility index (Phi) is 12.0. The van der Waals surface area contributed by atoms with Crippen molar-refractivity contribution in [1.82, 2.24) is 4.98 Å². The fourth-order valence-electron chi connectivity index (χ4n) is 5.19. The maximum Gasteiger partial charge on any atom is 0.323 e. The molecule has 1 aromatic rings. The highest BCUT2D eigenvalue weighted by Crippen LogP contribution is 2.41. The summed E-state index contributed by atoms with van der Waals surface area (Å²) in [5, 5.41) is 21.8. The molecule has 1 aliphatic carbocycles. The second kappa shape index (κ2) is 15.2. The van der Waals surface area contributed by atoms with Crippen LogP contribution in [0.3, 0.4) is 0 Å². The van der Waals surface area contributed by atoms with Crippen LogP contribution in [0.4, 0.5) is 0 Å². The third kappa shape index (κ3) is 8.07. The molecular formula is C30H45N6O7+. The number of carbonyl (C=O) groups excluding carboxylic acids is 3. The fourth-order valence-corrected chi connectivity index (χ4v) is 5.19. The van der Waals surface area contributed by atoms with E-state index in [-0.39, 0.29) is 53.9 Å². The molecule has 13 nitrogen and oxygen atoms in total. The standard InChI is InChI=1S/C30H44N6O7/c1-5-18(4)28(39)36-27(34-16-32)20-11-12-22(35-20)30(15-31)26(38)25(42-29(40)24(33)17(2)3)21(43-30)14-41-23(37)13-19-9-7-6-8-10-19/h11-12,16-19,21,24-26,35,38H,5-10,13-14,33H2,1-4H3,(H2,32,34,36,39)/p+1/t18-,21-,24+,25-,26-,30+/m1/s1. The number of ether oxygens (including phenoxy) is 3. The highest BCUT2D eigenvalue weighted by molar-refractivity contribution is 5.99. The molecule has 1 aliphatic heterocycles. The van der Waals surface area contributed by atoms with Crippen LogP contribution in [0.15, 0.2) is 17.1 Å². The predicted octanol–water partition coefficient (Wildman–Crippen LogP) is 0.289. The number of nitrogens with one attached hydrogen (secondary N) is 2. The van der Waals surface area contributed by atoms with Gasteiger partial charge < -0.3 is 35.8 Å². The number of aliphatic hydroxyl groups excluding tert-OH is 1. The van der Waals surface area contributed by atoms with Crippen LogP contribution < -0.4 is 16.5 Å². The quantitative estimate of drug-likeness (QED) is 0.133. The van der Waals surface area contributed by atoms with E-state index in [1.807, 2.05) is 13.0 Å². The Hall–Kier alpha value is -3.60. The topological polar surface area (TPSA) is 217 Å². The number of esters is 2. The lowest BCUT2D eigenvalue weighted by molar-refractivity contribution is -0.309. The number of nitrogens with two attached hydrogens (primary N) is 2. The molecule has 43 heavy (non-hydrogen) atoms. The molecule has 236 valence electrons. The van der Waals surface area contributed by atoms with Gasteiger partial charge in [0.25, 0.3) is 5.84 Å². The van der Waals surface area contributed by atoms with Crippen molar-refractivity contribution >= 4 is 30.0 Å². The van der Waals surface area contributed by atoms with Crippen LogP contribution in [-0.4, -0.2) is 71.1 Å². The molecule has 1 saturated carbocycles. The van der Waals surface area contributed by atoms with Crippen molar-refractivity contribution < 1.29 is 38.7 Å². The van der Waals surface area contributed by atoms with Gasteiger partial charge in [0.2, 0.25) is 5.60 Å².